The predicted molar refractivity (Wildman–Crippen MR) is 89.0 cm³/mol. The topological polar surface area (TPSA) is 50.8 Å². The maximum absolute atomic E-state index is 12.5. The maximum Gasteiger partial charge on any atom is 0.227 e. The summed E-state index contributed by atoms with van der Waals surface area (Å²) in [5.74, 6) is 1.65. The number of nitrogens with one attached hydrogen (secondary N) is 1. The highest BCUT2D eigenvalue weighted by atomic mass is 16.5. The minimum atomic E-state index is -0.0971. The van der Waals surface area contributed by atoms with Crippen LogP contribution in [0.15, 0.2) is 18.2 Å². The summed E-state index contributed by atoms with van der Waals surface area (Å²) in [5, 5.41) is 3.22. The van der Waals surface area contributed by atoms with Crippen molar-refractivity contribution in [3.8, 4) is 11.5 Å². The first-order valence-corrected chi connectivity index (χ1v) is 8.52. The van der Waals surface area contributed by atoms with Gasteiger partial charge in [-0.25, -0.2) is 0 Å². The standard InChI is InChI=1S/C18H26N2O3/c1-3-20-8-6-15(7-9-20)19-18(21)14-10-13-4-5-16(22-2)11-17(13)23-12-14/h4-5,11,14-15H,3,6-10,12H2,1-2H3,(H,19,21)/t14-/m0/s1. The van der Waals surface area contributed by atoms with E-state index in [4.69, 9.17) is 9.47 Å². The first-order valence-electron chi connectivity index (χ1n) is 8.52. The summed E-state index contributed by atoms with van der Waals surface area (Å²) in [5.41, 5.74) is 1.08. The molecule has 2 heterocycles. The molecule has 0 radical (unpaired) electrons. The largest absolute Gasteiger partial charge is 0.497 e. The molecule has 1 aromatic rings. The van der Waals surface area contributed by atoms with Gasteiger partial charge in [0.15, 0.2) is 0 Å². The molecule has 3 rings (SSSR count). The smallest absolute Gasteiger partial charge is 0.227 e. The van der Waals surface area contributed by atoms with Gasteiger partial charge in [0, 0.05) is 25.2 Å². The summed E-state index contributed by atoms with van der Waals surface area (Å²) in [6.07, 6.45) is 2.82. The van der Waals surface area contributed by atoms with Crippen LogP contribution >= 0.6 is 0 Å². The number of carbonyl (C=O) groups excluding carboxylic acids is 1. The number of hydrogen-bond acceptors (Lipinski definition) is 4. The van der Waals surface area contributed by atoms with Crippen LogP contribution in [0.1, 0.15) is 25.3 Å². The first-order chi connectivity index (χ1) is 11.2. The molecule has 23 heavy (non-hydrogen) atoms. The van der Waals surface area contributed by atoms with Gasteiger partial charge in [-0.1, -0.05) is 13.0 Å². The first kappa shape index (κ1) is 16.1. The molecule has 5 nitrogen and oxygen atoms in total. The second-order valence-corrected chi connectivity index (χ2v) is 6.40. The van der Waals surface area contributed by atoms with Crippen molar-refractivity contribution in [3.63, 3.8) is 0 Å². The van der Waals surface area contributed by atoms with Gasteiger partial charge in [-0.2, -0.15) is 0 Å². The fourth-order valence-electron chi connectivity index (χ4n) is 3.36. The van der Waals surface area contributed by atoms with Crippen molar-refractivity contribution in [1.29, 1.82) is 0 Å². The van der Waals surface area contributed by atoms with Gasteiger partial charge in [-0.05, 0) is 37.4 Å². The molecule has 0 spiro atoms. The predicted octanol–water partition coefficient (Wildman–Crippen LogP) is 1.85. The molecule has 126 valence electrons. The van der Waals surface area contributed by atoms with Crippen LogP contribution in [0, 0.1) is 5.92 Å². The molecule has 2 aliphatic heterocycles. The van der Waals surface area contributed by atoms with Crippen molar-refractivity contribution >= 4 is 5.91 Å². The van der Waals surface area contributed by atoms with Crippen molar-refractivity contribution < 1.29 is 14.3 Å². The van der Waals surface area contributed by atoms with E-state index < -0.39 is 0 Å². The third kappa shape index (κ3) is 3.78. The van der Waals surface area contributed by atoms with E-state index in [2.05, 4.69) is 17.1 Å². The zero-order valence-corrected chi connectivity index (χ0v) is 14.0. The number of fused-ring (bicyclic) bond motifs is 1. The van der Waals surface area contributed by atoms with E-state index in [9.17, 15) is 4.79 Å². The van der Waals surface area contributed by atoms with Gasteiger partial charge in [0.05, 0.1) is 13.0 Å². The van der Waals surface area contributed by atoms with Crippen molar-refractivity contribution in [2.45, 2.75) is 32.2 Å². The highest BCUT2D eigenvalue weighted by Crippen LogP contribution is 2.31. The summed E-state index contributed by atoms with van der Waals surface area (Å²) in [4.78, 5) is 14.9. The number of likely N-dealkylation sites (tertiary alicyclic amines) is 1. The SMILES string of the molecule is CCN1CCC(NC(=O)[C@@H]2COc3cc(OC)ccc3C2)CC1. The van der Waals surface area contributed by atoms with Crippen LogP contribution in [0.3, 0.4) is 0 Å². The lowest BCUT2D eigenvalue weighted by atomic mass is 9.95. The molecule has 2 aliphatic rings. The highest BCUT2D eigenvalue weighted by molar-refractivity contribution is 5.80. The van der Waals surface area contributed by atoms with E-state index in [0.29, 0.717) is 12.6 Å². The molecule has 1 atom stereocenters. The van der Waals surface area contributed by atoms with Crippen LogP contribution in [-0.2, 0) is 11.2 Å². The second kappa shape index (κ2) is 7.21. The Hall–Kier alpha value is -1.75. The normalized spacial score (nSPS) is 22.1. The number of rotatable bonds is 4. The van der Waals surface area contributed by atoms with Gasteiger partial charge in [0.2, 0.25) is 5.91 Å². The van der Waals surface area contributed by atoms with Crippen LogP contribution in [0.4, 0.5) is 0 Å². The molecular formula is C18H26N2O3. The number of piperidine rings is 1. The van der Waals surface area contributed by atoms with Gasteiger partial charge in [0.1, 0.15) is 18.1 Å². The lowest BCUT2D eigenvalue weighted by Gasteiger charge is -2.33. The average molecular weight is 318 g/mol. The Morgan fingerprint density at radius 1 is 1.39 bits per heavy atom. The number of carbonyl (C=O) groups is 1. The van der Waals surface area contributed by atoms with Gasteiger partial charge in [-0.15, -0.1) is 0 Å². The zero-order valence-electron chi connectivity index (χ0n) is 14.0. The summed E-state index contributed by atoms with van der Waals surface area (Å²) >= 11 is 0. The molecular weight excluding hydrogens is 292 g/mol. The molecule has 0 unspecified atom stereocenters. The third-order valence-electron chi connectivity index (χ3n) is 4.93. The highest BCUT2D eigenvalue weighted by Gasteiger charge is 2.28. The van der Waals surface area contributed by atoms with Gasteiger partial charge in [0.25, 0.3) is 0 Å². The molecule has 0 saturated carbocycles. The average Bonchev–Trinajstić information content (AvgIpc) is 2.61. The van der Waals surface area contributed by atoms with E-state index >= 15 is 0 Å². The third-order valence-corrected chi connectivity index (χ3v) is 4.93. The lowest BCUT2D eigenvalue weighted by Crippen LogP contribution is -2.47. The molecule has 1 saturated heterocycles. The Bertz CT molecular complexity index is 553. The van der Waals surface area contributed by atoms with Crippen molar-refractivity contribution in [2.75, 3.05) is 33.4 Å². The molecule has 0 aromatic heterocycles. The van der Waals surface area contributed by atoms with Crippen LogP contribution in [-0.4, -0.2) is 50.2 Å². The number of benzene rings is 1. The number of hydrogen-bond donors (Lipinski definition) is 1. The number of ether oxygens (including phenoxy) is 2. The number of amides is 1. The van der Waals surface area contributed by atoms with Crippen LogP contribution in [0.25, 0.3) is 0 Å². The van der Waals surface area contributed by atoms with E-state index in [1.807, 2.05) is 18.2 Å². The molecule has 0 aliphatic carbocycles. The Balaban J connectivity index is 1.55. The van der Waals surface area contributed by atoms with E-state index in [1.54, 1.807) is 7.11 Å². The van der Waals surface area contributed by atoms with Gasteiger partial charge >= 0.3 is 0 Å². The fraction of sp³-hybridized carbons (Fsp3) is 0.611. The van der Waals surface area contributed by atoms with Crippen molar-refractivity contribution in [2.24, 2.45) is 5.92 Å². The van der Waals surface area contributed by atoms with E-state index in [1.165, 1.54) is 0 Å². The second-order valence-electron chi connectivity index (χ2n) is 6.40. The Kier molecular flexibility index (Phi) is 5.06. The van der Waals surface area contributed by atoms with Crippen LogP contribution < -0.4 is 14.8 Å². The molecule has 1 N–H and O–H groups in total. The Labute approximate surface area is 137 Å². The van der Waals surface area contributed by atoms with Crippen LogP contribution in [0.5, 0.6) is 11.5 Å². The molecule has 5 heteroatoms. The van der Waals surface area contributed by atoms with Crippen molar-refractivity contribution in [1.82, 2.24) is 10.2 Å². The number of methoxy groups -OCH3 is 1. The van der Waals surface area contributed by atoms with E-state index in [-0.39, 0.29) is 11.8 Å². The molecule has 0 bridgehead atoms. The minimum absolute atomic E-state index is 0.0971. The molecule has 1 aromatic carbocycles. The summed E-state index contributed by atoms with van der Waals surface area (Å²) in [7, 11) is 1.64. The quantitative estimate of drug-likeness (QED) is 0.920. The summed E-state index contributed by atoms with van der Waals surface area (Å²) < 4.78 is 11.0. The summed E-state index contributed by atoms with van der Waals surface area (Å²) in [6.45, 7) is 5.87. The van der Waals surface area contributed by atoms with Crippen molar-refractivity contribution in [3.05, 3.63) is 23.8 Å². The van der Waals surface area contributed by atoms with Crippen LogP contribution in [0.2, 0.25) is 0 Å². The monoisotopic (exact) mass is 318 g/mol. The maximum atomic E-state index is 12.5. The lowest BCUT2D eigenvalue weighted by molar-refractivity contribution is -0.127. The minimum Gasteiger partial charge on any atom is -0.497 e. The zero-order chi connectivity index (χ0) is 16.2. The van der Waals surface area contributed by atoms with Gasteiger partial charge < -0.3 is 19.7 Å². The molecule has 1 amide bonds. The van der Waals surface area contributed by atoms with Gasteiger partial charge in [-0.3, -0.25) is 4.79 Å². The Morgan fingerprint density at radius 3 is 2.87 bits per heavy atom. The summed E-state index contributed by atoms with van der Waals surface area (Å²) in [6, 6.07) is 6.11. The molecule has 1 fully saturated rings. The number of nitrogens with zero attached hydrogens (tertiary/aromatic N) is 1. The van der Waals surface area contributed by atoms with E-state index in [0.717, 1.165) is 56.0 Å². The fourth-order valence-corrected chi connectivity index (χ4v) is 3.36. The Morgan fingerprint density at radius 2 is 2.17 bits per heavy atom.